The number of carbonyl (C=O) groups is 2. The van der Waals surface area contributed by atoms with E-state index in [4.69, 9.17) is 12.2 Å². The monoisotopic (exact) mass is 376 g/mol. The fourth-order valence-electron chi connectivity index (χ4n) is 2.55. The molecule has 0 bridgehead atoms. The molecule has 0 spiro atoms. The highest BCUT2D eigenvalue weighted by atomic mass is 32.2. The SMILES string of the molecule is CN1CCN(NC(=O)c2ccc(/C=C3/SC(=S)N(C)C3=O)cc2)CC1. The molecule has 2 aliphatic rings. The third-order valence-corrected chi connectivity index (χ3v) is 5.70. The lowest BCUT2D eigenvalue weighted by Gasteiger charge is -2.32. The zero-order valence-corrected chi connectivity index (χ0v) is 15.8. The van der Waals surface area contributed by atoms with Crippen molar-refractivity contribution < 1.29 is 9.59 Å². The first-order chi connectivity index (χ1) is 11.9. The van der Waals surface area contributed by atoms with Crippen molar-refractivity contribution in [2.75, 3.05) is 40.3 Å². The normalized spacial score (nSPS) is 21.2. The van der Waals surface area contributed by atoms with Crippen LogP contribution < -0.4 is 5.43 Å². The largest absolute Gasteiger partial charge is 0.304 e. The van der Waals surface area contributed by atoms with Crippen molar-refractivity contribution in [1.82, 2.24) is 20.2 Å². The number of likely N-dealkylation sites (N-methyl/N-ethyl adjacent to an activating group) is 2. The van der Waals surface area contributed by atoms with Crippen molar-refractivity contribution in [1.29, 1.82) is 0 Å². The summed E-state index contributed by atoms with van der Waals surface area (Å²) in [5, 5.41) is 1.95. The molecule has 0 saturated carbocycles. The fourth-order valence-corrected chi connectivity index (χ4v) is 3.73. The number of rotatable bonds is 3. The fraction of sp³-hybridized carbons (Fsp3) is 0.353. The van der Waals surface area contributed by atoms with E-state index in [2.05, 4.69) is 17.4 Å². The second kappa shape index (κ2) is 7.65. The number of thiocarbonyl (C=S) groups is 1. The molecule has 25 heavy (non-hydrogen) atoms. The van der Waals surface area contributed by atoms with E-state index in [9.17, 15) is 9.59 Å². The van der Waals surface area contributed by atoms with E-state index in [0.29, 0.717) is 14.8 Å². The lowest BCUT2D eigenvalue weighted by molar-refractivity contribution is -0.121. The summed E-state index contributed by atoms with van der Waals surface area (Å²) >= 11 is 6.41. The topological polar surface area (TPSA) is 55.9 Å². The number of nitrogens with zero attached hydrogens (tertiary/aromatic N) is 3. The maximum absolute atomic E-state index is 12.3. The van der Waals surface area contributed by atoms with Crippen molar-refractivity contribution in [2.45, 2.75) is 0 Å². The Hall–Kier alpha value is -1.74. The number of nitrogens with one attached hydrogen (secondary N) is 1. The van der Waals surface area contributed by atoms with E-state index in [1.807, 2.05) is 17.1 Å². The number of hydrogen-bond acceptors (Lipinski definition) is 6. The molecule has 2 fully saturated rings. The number of thioether (sulfide) groups is 1. The lowest BCUT2D eigenvalue weighted by Crippen LogP contribution is -2.52. The Labute approximate surface area is 156 Å². The zero-order valence-electron chi connectivity index (χ0n) is 14.2. The number of piperazine rings is 1. The molecule has 0 atom stereocenters. The van der Waals surface area contributed by atoms with Gasteiger partial charge in [-0.2, -0.15) is 0 Å². The van der Waals surface area contributed by atoms with Gasteiger partial charge in [0.1, 0.15) is 4.32 Å². The minimum Gasteiger partial charge on any atom is -0.304 e. The Morgan fingerprint density at radius 2 is 1.80 bits per heavy atom. The average Bonchev–Trinajstić information content (AvgIpc) is 2.84. The average molecular weight is 377 g/mol. The van der Waals surface area contributed by atoms with E-state index in [0.717, 1.165) is 31.7 Å². The van der Waals surface area contributed by atoms with Crippen molar-refractivity contribution >= 4 is 46.2 Å². The van der Waals surface area contributed by atoms with Gasteiger partial charge in [0.25, 0.3) is 11.8 Å². The van der Waals surface area contributed by atoms with Crippen molar-refractivity contribution in [3.8, 4) is 0 Å². The van der Waals surface area contributed by atoms with Crippen LogP contribution in [0.2, 0.25) is 0 Å². The Kier molecular flexibility index (Phi) is 5.53. The van der Waals surface area contributed by atoms with E-state index in [1.54, 1.807) is 25.3 Å². The molecule has 1 aromatic carbocycles. The van der Waals surface area contributed by atoms with Gasteiger partial charge < -0.3 is 4.90 Å². The maximum atomic E-state index is 12.3. The van der Waals surface area contributed by atoms with Crippen molar-refractivity contribution in [3.05, 3.63) is 40.3 Å². The van der Waals surface area contributed by atoms with Crippen LogP contribution >= 0.6 is 24.0 Å². The molecule has 0 aromatic heterocycles. The van der Waals surface area contributed by atoms with E-state index in [1.165, 1.54) is 16.7 Å². The predicted molar refractivity (Wildman–Crippen MR) is 104 cm³/mol. The molecule has 1 aromatic rings. The number of amides is 2. The van der Waals surface area contributed by atoms with Gasteiger partial charge in [0.15, 0.2) is 0 Å². The third kappa shape index (κ3) is 4.27. The Bertz CT molecular complexity index is 725. The Morgan fingerprint density at radius 3 is 2.36 bits per heavy atom. The Balaban J connectivity index is 1.63. The minimum atomic E-state index is -0.115. The van der Waals surface area contributed by atoms with Gasteiger partial charge in [-0.25, -0.2) is 5.01 Å². The summed E-state index contributed by atoms with van der Waals surface area (Å²) < 4.78 is 0.555. The van der Waals surface area contributed by atoms with E-state index < -0.39 is 0 Å². The van der Waals surface area contributed by atoms with Gasteiger partial charge in [-0.15, -0.1) is 0 Å². The second-order valence-electron chi connectivity index (χ2n) is 6.09. The number of hydrogen-bond donors (Lipinski definition) is 1. The van der Waals surface area contributed by atoms with Crippen LogP contribution in [-0.2, 0) is 4.79 Å². The summed E-state index contributed by atoms with van der Waals surface area (Å²) in [5.41, 5.74) is 4.40. The number of carbonyl (C=O) groups excluding carboxylic acids is 2. The molecule has 1 N–H and O–H groups in total. The first kappa shape index (κ1) is 18.1. The van der Waals surface area contributed by atoms with Gasteiger partial charge in [0, 0.05) is 38.8 Å². The molecule has 0 radical (unpaired) electrons. The molecule has 0 unspecified atom stereocenters. The molecule has 2 heterocycles. The van der Waals surface area contributed by atoms with Crippen LogP contribution in [0.4, 0.5) is 0 Å². The van der Waals surface area contributed by atoms with Crippen LogP contribution in [0.3, 0.4) is 0 Å². The third-order valence-electron chi connectivity index (χ3n) is 4.22. The van der Waals surface area contributed by atoms with Crippen LogP contribution in [-0.4, -0.2) is 71.2 Å². The maximum Gasteiger partial charge on any atom is 0.265 e. The van der Waals surface area contributed by atoms with Gasteiger partial charge >= 0.3 is 0 Å². The quantitative estimate of drug-likeness (QED) is 0.636. The van der Waals surface area contributed by atoms with Gasteiger partial charge in [0.05, 0.1) is 4.91 Å². The second-order valence-corrected chi connectivity index (χ2v) is 7.77. The molecular formula is C17H20N4O2S2. The molecule has 6 nitrogen and oxygen atoms in total. The molecular weight excluding hydrogens is 356 g/mol. The summed E-state index contributed by atoms with van der Waals surface area (Å²) in [6.07, 6.45) is 1.80. The highest BCUT2D eigenvalue weighted by Crippen LogP contribution is 2.31. The van der Waals surface area contributed by atoms with Crippen molar-refractivity contribution in [3.63, 3.8) is 0 Å². The summed E-state index contributed by atoms with van der Waals surface area (Å²) in [4.78, 5) is 28.6. The molecule has 2 aliphatic heterocycles. The zero-order chi connectivity index (χ0) is 18.0. The molecule has 0 aliphatic carbocycles. The minimum absolute atomic E-state index is 0.0908. The smallest absolute Gasteiger partial charge is 0.265 e. The molecule has 2 saturated heterocycles. The van der Waals surface area contributed by atoms with Crippen LogP contribution in [0.1, 0.15) is 15.9 Å². The van der Waals surface area contributed by atoms with Crippen LogP contribution in [0, 0.1) is 0 Å². The van der Waals surface area contributed by atoms with Crippen LogP contribution in [0.15, 0.2) is 29.2 Å². The highest BCUT2D eigenvalue weighted by Gasteiger charge is 2.28. The molecule has 8 heteroatoms. The molecule has 3 rings (SSSR count). The van der Waals surface area contributed by atoms with Crippen LogP contribution in [0.5, 0.6) is 0 Å². The first-order valence-electron chi connectivity index (χ1n) is 8.00. The van der Waals surface area contributed by atoms with Gasteiger partial charge in [-0.05, 0) is 30.8 Å². The molecule has 132 valence electrons. The summed E-state index contributed by atoms with van der Waals surface area (Å²) in [5.74, 6) is -0.206. The highest BCUT2D eigenvalue weighted by molar-refractivity contribution is 8.26. The van der Waals surface area contributed by atoms with Crippen LogP contribution in [0.25, 0.3) is 6.08 Å². The first-order valence-corrected chi connectivity index (χ1v) is 9.22. The van der Waals surface area contributed by atoms with E-state index in [-0.39, 0.29) is 11.8 Å². The standard InChI is InChI=1S/C17H20N4O2S2/c1-19-7-9-21(10-8-19)18-15(22)13-5-3-12(4-6-13)11-14-16(23)20(2)17(24)25-14/h3-6,11H,7-10H2,1-2H3,(H,18,22)/b14-11+. The van der Waals surface area contributed by atoms with Gasteiger partial charge in [-0.3, -0.25) is 19.9 Å². The van der Waals surface area contributed by atoms with Gasteiger partial charge in [-0.1, -0.05) is 36.1 Å². The summed E-state index contributed by atoms with van der Waals surface area (Å²) in [6, 6.07) is 7.20. The number of benzene rings is 1. The van der Waals surface area contributed by atoms with Crippen molar-refractivity contribution in [2.24, 2.45) is 0 Å². The van der Waals surface area contributed by atoms with E-state index >= 15 is 0 Å². The molecule has 2 amide bonds. The lowest BCUT2D eigenvalue weighted by atomic mass is 10.1. The predicted octanol–water partition coefficient (Wildman–Crippen LogP) is 1.41. The Morgan fingerprint density at radius 1 is 1.16 bits per heavy atom. The van der Waals surface area contributed by atoms with Gasteiger partial charge in [0.2, 0.25) is 0 Å². The summed E-state index contributed by atoms with van der Waals surface area (Å²) in [7, 11) is 3.74. The number of hydrazine groups is 1. The summed E-state index contributed by atoms with van der Waals surface area (Å²) in [6.45, 7) is 3.52.